The predicted molar refractivity (Wildman–Crippen MR) is 120 cm³/mol. The Kier molecular flexibility index (Phi) is 14.1. The normalized spacial score (nSPS) is 11.1. The molecule has 0 saturated carbocycles. The first-order valence-corrected chi connectivity index (χ1v) is 11.8. The third kappa shape index (κ3) is 11.8. The van der Waals surface area contributed by atoms with Crippen molar-refractivity contribution < 1.29 is 20.1 Å². The average Bonchev–Trinajstić information content (AvgIpc) is 2.69. The summed E-state index contributed by atoms with van der Waals surface area (Å²) in [4.78, 5) is 11.1. The van der Waals surface area contributed by atoms with E-state index in [0.29, 0.717) is 12.0 Å². The van der Waals surface area contributed by atoms with Crippen LogP contribution in [-0.4, -0.2) is 21.3 Å². The van der Waals surface area contributed by atoms with Crippen LogP contribution in [-0.2, 0) is 6.42 Å². The maximum atomic E-state index is 11.1. The van der Waals surface area contributed by atoms with Crippen LogP contribution in [0.4, 0.5) is 0 Å². The first-order chi connectivity index (χ1) is 14.1. The average molecular weight is 407 g/mol. The Bertz CT molecular complexity index is 568. The van der Waals surface area contributed by atoms with Crippen LogP contribution in [0.5, 0.6) is 11.5 Å². The summed E-state index contributed by atoms with van der Waals surface area (Å²) >= 11 is 0. The molecule has 0 spiro atoms. The third-order valence-electron chi connectivity index (χ3n) is 5.70. The lowest BCUT2D eigenvalue weighted by Crippen LogP contribution is -1.99. The predicted octanol–water partition coefficient (Wildman–Crippen LogP) is 7.60. The molecule has 0 aliphatic heterocycles. The fraction of sp³-hybridized carbons (Fsp3) is 0.720. The second-order valence-corrected chi connectivity index (χ2v) is 8.36. The number of hydrogen-bond acceptors (Lipinski definition) is 3. The summed E-state index contributed by atoms with van der Waals surface area (Å²) in [7, 11) is 0. The number of aryl methyl sites for hydroxylation is 1. The zero-order valence-corrected chi connectivity index (χ0v) is 18.4. The smallest absolute Gasteiger partial charge is 0.339 e. The number of aromatic hydroxyl groups is 2. The zero-order chi connectivity index (χ0) is 21.3. The molecule has 1 aromatic rings. The number of aromatic carboxylic acids is 1. The van der Waals surface area contributed by atoms with Gasteiger partial charge < -0.3 is 15.3 Å². The van der Waals surface area contributed by atoms with E-state index in [1.165, 1.54) is 96.0 Å². The van der Waals surface area contributed by atoms with Gasteiger partial charge in [0.25, 0.3) is 0 Å². The van der Waals surface area contributed by atoms with Gasteiger partial charge in [-0.2, -0.15) is 0 Å². The van der Waals surface area contributed by atoms with Crippen molar-refractivity contribution in [3.05, 3.63) is 23.3 Å². The number of carboxylic acid groups (broad SMARTS) is 1. The maximum Gasteiger partial charge on any atom is 0.339 e. The summed E-state index contributed by atoms with van der Waals surface area (Å²) in [5, 5.41) is 28.7. The highest BCUT2D eigenvalue weighted by molar-refractivity contribution is 5.91. The van der Waals surface area contributed by atoms with Gasteiger partial charge in [-0.3, -0.25) is 0 Å². The van der Waals surface area contributed by atoms with E-state index in [1.807, 2.05) is 0 Å². The van der Waals surface area contributed by atoms with Crippen molar-refractivity contribution in [2.45, 2.75) is 116 Å². The minimum atomic E-state index is -1.22. The van der Waals surface area contributed by atoms with Gasteiger partial charge in [-0.1, -0.05) is 103 Å². The number of carbonyl (C=O) groups is 1. The molecule has 0 aromatic heterocycles. The number of unbranched alkanes of at least 4 members (excludes halogenated alkanes) is 15. The molecule has 0 amide bonds. The standard InChI is InChI=1S/C25H42O4/c1-2-3-4-5-6-7-8-9-10-11-12-13-14-15-16-17-18-21-19-22(26)20-23(24(21)27)25(28)29/h19-20,26-27H,2-18H2,1H3,(H,28,29). The van der Waals surface area contributed by atoms with Crippen molar-refractivity contribution in [3.8, 4) is 11.5 Å². The summed E-state index contributed by atoms with van der Waals surface area (Å²) in [6, 6.07) is 2.56. The Labute approximate surface area is 177 Å². The van der Waals surface area contributed by atoms with Gasteiger partial charge in [0.2, 0.25) is 0 Å². The Hall–Kier alpha value is -1.71. The first kappa shape index (κ1) is 25.3. The highest BCUT2D eigenvalue weighted by atomic mass is 16.4. The second-order valence-electron chi connectivity index (χ2n) is 8.36. The molecule has 4 nitrogen and oxygen atoms in total. The fourth-order valence-corrected chi connectivity index (χ4v) is 3.89. The lowest BCUT2D eigenvalue weighted by atomic mass is 10.0. The van der Waals surface area contributed by atoms with Crippen molar-refractivity contribution >= 4 is 5.97 Å². The van der Waals surface area contributed by atoms with Crippen LogP contribution in [0.25, 0.3) is 0 Å². The van der Waals surface area contributed by atoms with Crippen molar-refractivity contribution in [1.82, 2.24) is 0 Å². The van der Waals surface area contributed by atoms with Gasteiger partial charge in [0.05, 0.1) is 0 Å². The molecule has 0 unspecified atom stereocenters. The monoisotopic (exact) mass is 406 g/mol. The summed E-state index contributed by atoms with van der Waals surface area (Å²) < 4.78 is 0. The molecule has 1 aromatic carbocycles. The van der Waals surface area contributed by atoms with Gasteiger partial charge >= 0.3 is 5.97 Å². The molecule has 0 aliphatic rings. The number of carboxylic acids is 1. The molecule has 0 radical (unpaired) electrons. The molecule has 0 saturated heterocycles. The minimum absolute atomic E-state index is 0.105. The summed E-state index contributed by atoms with van der Waals surface area (Å²) in [5.41, 5.74) is 0.296. The third-order valence-corrected chi connectivity index (χ3v) is 5.70. The molecule has 3 N–H and O–H groups in total. The Morgan fingerprint density at radius 2 is 1.10 bits per heavy atom. The van der Waals surface area contributed by atoms with Crippen LogP contribution in [0, 0.1) is 0 Å². The highest BCUT2D eigenvalue weighted by Crippen LogP contribution is 2.29. The SMILES string of the molecule is CCCCCCCCCCCCCCCCCCc1cc(O)cc(C(=O)O)c1O. The minimum Gasteiger partial charge on any atom is -0.508 e. The van der Waals surface area contributed by atoms with E-state index >= 15 is 0 Å². The van der Waals surface area contributed by atoms with Crippen molar-refractivity contribution in [1.29, 1.82) is 0 Å². The molecule has 0 aliphatic carbocycles. The molecule has 166 valence electrons. The molecule has 1 rings (SSSR count). The van der Waals surface area contributed by atoms with E-state index in [-0.39, 0.29) is 17.1 Å². The largest absolute Gasteiger partial charge is 0.508 e. The second kappa shape index (κ2) is 16.1. The van der Waals surface area contributed by atoms with Crippen LogP contribution in [0.2, 0.25) is 0 Å². The number of phenolic OH excluding ortho intramolecular Hbond substituents is 1. The lowest BCUT2D eigenvalue weighted by Gasteiger charge is -2.08. The van der Waals surface area contributed by atoms with Crippen molar-refractivity contribution in [2.24, 2.45) is 0 Å². The van der Waals surface area contributed by atoms with Gasteiger partial charge in [0, 0.05) is 0 Å². The molecule has 0 fully saturated rings. The van der Waals surface area contributed by atoms with Crippen LogP contribution in [0.15, 0.2) is 12.1 Å². The van der Waals surface area contributed by atoms with Gasteiger partial charge in [-0.15, -0.1) is 0 Å². The van der Waals surface area contributed by atoms with E-state index < -0.39 is 5.97 Å². The summed E-state index contributed by atoms with van der Waals surface area (Å²) in [5.74, 6) is -1.53. The quantitative estimate of drug-likeness (QED) is 0.173. The van der Waals surface area contributed by atoms with E-state index in [9.17, 15) is 15.0 Å². The Balaban J connectivity index is 1.96. The number of phenols is 2. The van der Waals surface area contributed by atoms with E-state index in [2.05, 4.69) is 6.92 Å². The van der Waals surface area contributed by atoms with Crippen LogP contribution >= 0.6 is 0 Å². The van der Waals surface area contributed by atoms with E-state index in [0.717, 1.165) is 18.9 Å². The molecule has 29 heavy (non-hydrogen) atoms. The number of hydrogen-bond donors (Lipinski definition) is 3. The molecule has 4 heteroatoms. The van der Waals surface area contributed by atoms with Gasteiger partial charge in [0.1, 0.15) is 17.1 Å². The van der Waals surface area contributed by atoms with Gasteiger partial charge in [0.15, 0.2) is 0 Å². The van der Waals surface area contributed by atoms with Crippen LogP contribution in [0.1, 0.15) is 126 Å². The number of rotatable bonds is 18. The fourth-order valence-electron chi connectivity index (χ4n) is 3.89. The molecular weight excluding hydrogens is 364 g/mol. The molecule has 0 atom stereocenters. The first-order valence-electron chi connectivity index (χ1n) is 11.8. The molecule has 0 heterocycles. The van der Waals surface area contributed by atoms with E-state index in [4.69, 9.17) is 5.11 Å². The Morgan fingerprint density at radius 1 is 0.690 bits per heavy atom. The van der Waals surface area contributed by atoms with Crippen molar-refractivity contribution in [2.75, 3.05) is 0 Å². The lowest BCUT2D eigenvalue weighted by molar-refractivity contribution is 0.0693. The topological polar surface area (TPSA) is 77.8 Å². The van der Waals surface area contributed by atoms with Gasteiger partial charge in [-0.25, -0.2) is 4.79 Å². The van der Waals surface area contributed by atoms with Crippen LogP contribution < -0.4 is 0 Å². The molecular formula is C25H42O4. The summed E-state index contributed by atoms with van der Waals surface area (Å²) in [6.45, 7) is 2.27. The van der Waals surface area contributed by atoms with E-state index in [1.54, 1.807) is 0 Å². The summed E-state index contributed by atoms with van der Waals surface area (Å²) in [6.07, 6.45) is 21.5. The van der Waals surface area contributed by atoms with Crippen LogP contribution in [0.3, 0.4) is 0 Å². The zero-order valence-electron chi connectivity index (χ0n) is 18.4. The Morgan fingerprint density at radius 3 is 1.52 bits per heavy atom. The maximum absolute atomic E-state index is 11.1. The van der Waals surface area contributed by atoms with Crippen molar-refractivity contribution in [3.63, 3.8) is 0 Å². The van der Waals surface area contributed by atoms with Gasteiger partial charge in [-0.05, 0) is 30.5 Å². The highest BCUT2D eigenvalue weighted by Gasteiger charge is 2.15. The molecule has 0 bridgehead atoms. The number of benzene rings is 1.